The predicted octanol–water partition coefficient (Wildman–Crippen LogP) is 4.14. The Morgan fingerprint density at radius 2 is 1.95 bits per heavy atom. The quantitative estimate of drug-likeness (QED) is 0.837. The maximum Gasteiger partial charge on any atom is 0.417 e. The van der Waals surface area contributed by atoms with Crippen molar-refractivity contribution < 1.29 is 13.2 Å². The Morgan fingerprint density at radius 3 is 2.47 bits per heavy atom. The van der Waals surface area contributed by atoms with E-state index < -0.39 is 11.7 Å². The van der Waals surface area contributed by atoms with Gasteiger partial charge in [-0.15, -0.1) is 0 Å². The Morgan fingerprint density at radius 1 is 1.21 bits per heavy atom. The van der Waals surface area contributed by atoms with Crippen LogP contribution in [-0.4, -0.2) is 4.99 Å². The average Bonchev–Trinajstić information content (AvgIpc) is 2.80. The van der Waals surface area contributed by atoms with E-state index in [9.17, 15) is 13.2 Å². The molecule has 0 amide bonds. The standard InChI is InChI=1S/C12H9F3N2S2/c13-12(14,15)10-5-7(1-2-9(10)11(16)18)17-8-3-4-19-6-8/h1-6,17H,(H2,16,18). The maximum atomic E-state index is 12.9. The van der Waals surface area contributed by atoms with Gasteiger partial charge in [-0.05, 0) is 29.6 Å². The first kappa shape index (κ1) is 13.8. The Balaban J connectivity index is 2.41. The number of anilines is 2. The lowest BCUT2D eigenvalue weighted by Gasteiger charge is -2.14. The molecular formula is C12H9F3N2S2. The van der Waals surface area contributed by atoms with Gasteiger partial charge in [0.05, 0.1) is 5.56 Å². The lowest BCUT2D eigenvalue weighted by Crippen LogP contribution is -2.18. The maximum absolute atomic E-state index is 12.9. The fraction of sp³-hybridized carbons (Fsp3) is 0.0833. The minimum absolute atomic E-state index is 0.168. The van der Waals surface area contributed by atoms with Crippen LogP contribution in [0, 0.1) is 0 Å². The summed E-state index contributed by atoms with van der Waals surface area (Å²) in [6.07, 6.45) is -4.49. The van der Waals surface area contributed by atoms with Crippen molar-refractivity contribution in [2.75, 3.05) is 5.32 Å². The summed E-state index contributed by atoms with van der Waals surface area (Å²) in [5.41, 5.74) is 5.38. The van der Waals surface area contributed by atoms with Crippen LogP contribution in [0.5, 0.6) is 0 Å². The molecule has 100 valence electrons. The third kappa shape index (κ3) is 3.24. The number of hydrogen-bond donors (Lipinski definition) is 2. The third-order valence-electron chi connectivity index (χ3n) is 2.40. The SMILES string of the molecule is NC(=S)c1ccc(Nc2ccsc2)cc1C(F)(F)F. The lowest BCUT2D eigenvalue weighted by molar-refractivity contribution is -0.137. The Labute approximate surface area is 117 Å². The summed E-state index contributed by atoms with van der Waals surface area (Å²) in [5, 5.41) is 6.52. The van der Waals surface area contributed by atoms with E-state index in [-0.39, 0.29) is 10.6 Å². The van der Waals surface area contributed by atoms with Crippen LogP contribution < -0.4 is 11.1 Å². The largest absolute Gasteiger partial charge is 0.417 e. The van der Waals surface area contributed by atoms with Crippen LogP contribution in [0.3, 0.4) is 0 Å². The molecule has 2 nitrogen and oxygen atoms in total. The second-order valence-corrected chi connectivity index (χ2v) is 4.98. The zero-order chi connectivity index (χ0) is 14.0. The van der Waals surface area contributed by atoms with Crippen LogP contribution in [0.4, 0.5) is 24.5 Å². The number of alkyl halides is 3. The van der Waals surface area contributed by atoms with Gasteiger partial charge in [0.15, 0.2) is 0 Å². The van der Waals surface area contributed by atoms with Gasteiger partial charge in [-0.1, -0.05) is 12.2 Å². The van der Waals surface area contributed by atoms with Crippen molar-refractivity contribution in [1.82, 2.24) is 0 Å². The molecule has 1 aromatic carbocycles. The summed E-state index contributed by atoms with van der Waals surface area (Å²) in [5.74, 6) is 0. The van der Waals surface area contributed by atoms with E-state index in [1.807, 2.05) is 5.38 Å². The molecule has 0 atom stereocenters. The topological polar surface area (TPSA) is 38.0 Å². The summed E-state index contributed by atoms with van der Waals surface area (Å²) >= 11 is 6.09. The van der Waals surface area contributed by atoms with E-state index in [2.05, 4.69) is 17.5 Å². The highest BCUT2D eigenvalue weighted by atomic mass is 32.1. The first-order chi connectivity index (χ1) is 8.88. The Hall–Kier alpha value is -1.60. The second kappa shape index (κ2) is 5.18. The molecule has 7 heteroatoms. The zero-order valence-corrected chi connectivity index (χ0v) is 11.1. The predicted molar refractivity (Wildman–Crippen MR) is 74.9 cm³/mol. The van der Waals surface area contributed by atoms with Crippen LogP contribution in [0.1, 0.15) is 11.1 Å². The van der Waals surface area contributed by atoms with Crippen LogP contribution in [0.15, 0.2) is 35.0 Å². The second-order valence-electron chi connectivity index (χ2n) is 3.76. The number of thiophene rings is 1. The minimum Gasteiger partial charge on any atom is -0.389 e. The van der Waals surface area contributed by atoms with Gasteiger partial charge >= 0.3 is 6.18 Å². The number of benzene rings is 1. The van der Waals surface area contributed by atoms with Crippen LogP contribution in [0.2, 0.25) is 0 Å². The highest BCUT2D eigenvalue weighted by molar-refractivity contribution is 7.80. The van der Waals surface area contributed by atoms with E-state index in [0.29, 0.717) is 5.69 Å². The number of nitrogens with two attached hydrogens (primary N) is 1. The van der Waals surface area contributed by atoms with Gasteiger partial charge in [-0.25, -0.2) is 0 Å². The van der Waals surface area contributed by atoms with Gasteiger partial charge in [0.2, 0.25) is 0 Å². The molecule has 0 saturated heterocycles. The van der Waals surface area contributed by atoms with E-state index in [0.717, 1.165) is 11.8 Å². The van der Waals surface area contributed by atoms with Crippen molar-refractivity contribution in [2.24, 2.45) is 5.73 Å². The van der Waals surface area contributed by atoms with E-state index >= 15 is 0 Å². The van der Waals surface area contributed by atoms with Crippen molar-refractivity contribution >= 4 is 39.9 Å². The number of hydrogen-bond acceptors (Lipinski definition) is 3. The van der Waals surface area contributed by atoms with E-state index in [1.165, 1.54) is 23.5 Å². The van der Waals surface area contributed by atoms with Gasteiger partial charge in [-0.3, -0.25) is 0 Å². The first-order valence-electron chi connectivity index (χ1n) is 5.18. The van der Waals surface area contributed by atoms with Crippen LogP contribution in [-0.2, 0) is 6.18 Å². The molecule has 0 unspecified atom stereocenters. The normalized spacial score (nSPS) is 11.3. The van der Waals surface area contributed by atoms with Gasteiger partial charge in [0.1, 0.15) is 4.99 Å². The molecule has 0 aliphatic carbocycles. The van der Waals surface area contributed by atoms with Gasteiger partial charge in [-0.2, -0.15) is 24.5 Å². The van der Waals surface area contributed by atoms with Crippen molar-refractivity contribution in [3.8, 4) is 0 Å². The van der Waals surface area contributed by atoms with Crippen molar-refractivity contribution in [1.29, 1.82) is 0 Å². The minimum atomic E-state index is -4.49. The smallest absolute Gasteiger partial charge is 0.389 e. The Kier molecular flexibility index (Phi) is 3.77. The number of halogens is 3. The molecule has 0 radical (unpaired) electrons. The molecule has 3 N–H and O–H groups in total. The van der Waals surface area contributed by atoms with E-state index in [4.69, 9.17) is 5.73 Å². The molecule has 2 rings (SSSR count). The number of thiocarbonyl (C=S) groups is 1. The molecule has 0 bridgehead atoms. The monoisotopic (exact) mass is 302 g/mol. The number of rotatable bonds is 3. The van der Waals surface area contributed by atoms with Crippen LogP contribution in [0.25, 0.3) is 0 Å². The lowest BCUT2D eigenvalue weighted by atomic mass is 10.1. The first-order valence-corrected chi connectivity index (χ1v) is 6.53. The molecule has 1 heterocycles. The highest BCUT2D eigenvalue weighted by Gasteiger charge is 2.34. The molecule has 0 saturated carbocycles. The summed E-state index contributed by atoms with van der Waals surface area (Å²) in [6, 6.07) is 5.58. The summed E-state index contributed by atoms with van der Waals surface area (Å²) in [4.78, 5) is -0.269. The summed E-state index contributed by atoms with van der Waals surface area (Å²) in [6.45, 7) is 0. The molecule has 0 fully saturated rings. The van der Waals surface area contributed by atoms with Crippen LogP contribution >= 0.6 is 23.6 Å². The molecule has 1 aromatic heterocycles. The third-order valence-corrected chi connectivity index (χ3v) is 3.30. The Bertz CT molecular complexity index is 592. The molecule has 2 aromatic rings. The van der Waals surface area contributed by atoms with Crippen molar-refractivity contribution in [3.05, 3.63) is 46.2 Å². The van der Waals surface area contributed by atoms with Gasteiger partial charge in [0.25, 0.3) is 0 Å². The molecular weight excluding hydrogens is 293 g/mol. The molecule has 0 spiro atoms. The fourth-order valence-electron chi connectivity index (χ4n) is 1.57. The van der Waals surface area contributed by atoms with Gasteiger partial charge < -0.3 is 11.1 Å². The molecule has 19 heavy (non-hydrogen) atoms. The fourth-order valence-corrected chi connectivity index (χ4v) is 2.34. The molecule has 0 aliphatic heterocycles. The summed E-state index contributed by atoms with van der Waals surface area (Å²) in [7, 11) is 0. The van der Waals surface area contributed by atoms with E-state index in [1.54, 1.807) is 11.4 Å². The molecule has 0 aliphatic rings. The van der Waals surface area contributed by atoms with Crippen molar-refractivity contribution in [2.45, 2.75) is 6.18 Å². The summed E-state index contributed by atoms with van der Waals surface area (Å²) < 4.78 is 38.8. The zero-order valence-electron chi connectivity index (χ0n) is 9.49. The number of nitrogens with one attached hydrogen (secondary N) is 1. The highest BCUT2D eigenvalue weighted by Crippen LogP contribution is 2.34. The average molecular weight is 302 g/mol. The van der Waals surface area contributed by atoms with Crippen molar-refractivity contribution in [3.63, 3.8) is 0 Å². The van der Waals surface area contributed by atoms with Gasteiger partial charge in [0, 0.05) is 22.3 Å².